The molecule has 1 aliphatic carbocycles. The second-order valence-electron chi connectivity index (χ2n) is 4.22. The lowest BCUT2D eigenvalue weighted by molar-refractivity contribution is -0.116. The highest BCUT2D eigenvalue weighted by molar-refractivity contribution is 5.12. The molecule has 0 bridgehead atoms. The molecule has 0 fully saturated rings. The highest BCUT2D eigenvalue weighted by Gasteiger charge is 2.23. The van der Waals surface area contributed by atoms with E-state index in [9.17, 15) is 0 Å². The van der Waals surface area contributed by atoms with E-state index in [1.54, 1.807) is 14.2 Å². The number of hydrogen-bond acceptors (Lipinski definition) is 4. The molecule has 0 aromatic carbocycles. The molecule has 0 heterocycles. The van der Waals surface area contributed by atoms with Crippen molar-refractivity contribution in [3.05, 3.63) is 11.6 Å². The van der Waals surface area contributed by atoms with E-state index in [1.807, 2.05) is 0 Å². The average molecular weight is 228 g/mol. The van der Waals surface area contributed by atoms with E-state index in [0.29, 0.717) is 0 Å². The smallest absolute Gasteiger partial charge is 0.177 e. The van der Waals surface area contributed by atoms with Crippen LogP contribution < -0.4 is 11.3 Å². The van der Waals surface area contributed by atoms with E-state index in [2.05, 4.69) is 11.5 Å². The highest BCUT2D eigenvalue weighted by atomic mass is 16.7. The molecular weight excluding hydrogens is 204 g/mol. The van der Waals surface area contributed by atoms with Crippen molar-refractivity contribution in [3.8, 4) is 0 Å². The molecule has 0 saturated heterocycles. The SMILES string of the molecule is COC(OC)C(NN)C1=CCCCCCC1. The first-order valence-electron chi connectivity index (χ1n) is 6.04. The Morgan fingerprint density at radius 1 is 1.19 bits per heavy atom. The fourth-order valence-corrected chi connectivity index (χ4v) is 2.23. The lowest BCUT2D eigenvalue weighted by Gasteiger charge is -2.27. The Balaban J connectivity index is 2.67. The summed E-state index contributed by atoms with van der Waals surface area (Å²) < 4.78 is 10.5. The Hall–Kier alpha value is -0.420. The first kappa shape index (κ1) is 13.6. The molecule has 1 aliphatic rings. The molecule has 3 N–H and O–H groups in total. The van der Waals surface area contributed by atoms with Crippen molar-refractivity contribution in [2.75, 3.05) is 14.2 Å². The molecule has 94 valence electrons. The number of allylic oxidation sites excluding steroid dienone is 1. The van der Waals surface area contributed by atoms with E-state index in [4.69, 9.17) is 15.3 Å². The van der Waals surface area contributed by atoms with Gasteiger partial charge in [-0.2, -0.15) is 0 Å². The average Bonchev–Trinajstić information content (AvgIpc) is 2.26. The Bertz CT molecular complexity index is 215. The number of ether oxygens (including phenoxy) is 2. The summed E-state index contributed by atoms with van der Waals surface area (Å²) in [7, 11) is 3.28. The topological polar surface area (TPSA) is 56.5 Å². The Kier molecular flexibility index (Phi) is 6.64. The quantitative estimate of drug-likeness (QED) is 0.325. The molecular formula is C12H24N2O2. The maximum atomic E-state index is 5.59. The second kappa shape index (κ2) is 7.79. The normalized spacial score (nSPS) is 20.1. The molecule has 1 rings (SSSR count). The van der Waals surface area contributed by atoms with E-state index in [1.165, 1.54) is 31.3 Å². The van der Waals surface area contributed by atoms with Gasteiger partial charge in [0.2, 0.25) is 0 Å². The van der Waals surface area contributed by atoms with Crippen LogP contribution in [0.15, 0.2) is 11.6 Å². The predicted molar refractivity (Wildman–Crippen MR) is 64.7 cm³/mol. The first-order valence-corrected chi connectivity index (χ1v) is 6.04. The van der Waals surface area contributed by atoms with Crippen molar-refractivity contribution in [2.45, 2.75) is 50.9 Å². The number of hydrazine groups is 1. The zero-order valence-electron chi connectivity index (χ0n) is 10.4. The minimum absolute atomic E-state index is 0.0342. The van der Waals surface area contributed by atoms with Crippen molar-refractivity contribution < 1.29 is 9.47 Å². The van der Waals surface area contributed by atoms with E-state index >= 15 is 0 Å². The van der Waals surface area contributed by atoms with Gasteiger partial charge in [-0.1, -0.05) is 24.5 Å². The van der Waals surface area contributed by atoms with Gasteiger partial charge in [0.25, 0.3) is 0 Å². The minimum Gasteiger partial charge on any atom is -0.354 e. The third-order valence-corrected chi connectivity index (χ3v) is 3.14. The number of rotatable bonds is 5. The molecule has 0 aromatic heterocycles. The molecule has 4 nitrogen and oxygen atoms in total. The summed E-state index contributed by atoms with van der Waals surface area (Å²) in [5, 5.41) is 0. The number of hydrogen-bond donors (Lipinski definition) is 2. The molecule has 0 spiro atoms. The monoisotopic (exact) mass is 228 g/mol. The van der Waals surface area contributed by atoms with Gasteiger partial charge in [-0.15, -0.1) is 0 Å². The number of methoxy groups -OCH3 is 2. The Labute approximate surface area is 98.1 Å². The molecule has 0 aliphatic heterocycles. The third-order valence-electron chi connectivity index (χ3n) is 3.14. The van der Waals surface area contributed by atoms with Gasteiger partial charge in [-0.05, 0) is 25.7 Å². The number of nitrogens with one attached hydrogen (secondary N) is 1. The summed E-state index contributed by atoms with van der Waals surface area (Å²) in [6, 6.07) is -0.0342. The van der Waals surface area contributed by atoms with Gasteiger partial charge >= 0.3 is 0 Å². The zero-order chi connectivity index (χ0) is 11.8. The zero-order valence-corrected chi connectivity index (χ0v) is 10.4. The lowest BCUT2D eigenvalue weighted by atomic mass is 9.95. The maximum absolute atomic E-state index is 5.59. The van der Waals surface area contributed by atoms with Crippen LogP contribution >= 0.6 is 0 Å². The van der Waals surface area contributed by atoms with Crippen molar-refractivity contribution in [2.24, 2.45) is 5.84 Å². The molecule has 0 radical (unpaired) electrons. The predicted octanol–water partition coefficient (Wildman–Crippen LogP) is 1.72. The maximum Gasteiger partial charge on any atom is 0.177 e. The van der Waals surface area contributed by atoms with Crippen molar-refractivity contribution in [3.63, 3.8) is 0 Å². The first-order chi connectivity index (χ1) is 7.83. The highest BCUT2D eigenvalue weighted by Crippen LogP contribution is 2.21. The molecule has 1 unspecified atom stereocenters. The van der Waals surface area contributed by atoms with Crippen LogP contribution in [0.4, 0.5) is 0 Å². The lowest BCUT2D eigenvalue weighted by Crippen LogP contribution is -2.47. The third kappa shape index (κ3) is 3.87. The fraction of sp³-hybridized carbons (Fsp3) is 0.833. The standard InChI is InChI=1S/C12H24N2O2/c1-15-12(16-2)11(14-13)10-8-6-4-3-5-7-9-10/h8,11-12,14H,3-7,9,13H2,1-2H3. The van der Waals surface area contributed by atoms with Gasteiger partial charge in [0.15, 0.2) is 6.29 Å². The van der Waals surface area contributed by atoms with Crippen LogP contribution in [0.25, 0.3) is 0 Å². The molecule has 0 aromatic rings. The van der Waals surface area contributed by atoms with Crippen LogP contribution in [0.2, 0.25) is 0 Å². The van der Waals surface area contributed by atoms with E-state index in [-0.39, 0.29) is 12.3 Å². The summed E-state index contributed by atoms with van der Waals surface area (Å²) in [5.74, 6) is 5.59. The minimum atomic E-state index is -0.310. The van der Waals surface area contributed by atoms with E-state index in [0.717, 1.165) is 12.8 Å². The van der Waals surface area contributed by atoms with Crippen LogP contribution in [0, 0.1) is 0 Å². The summed E-state index contributed by atoms with van der Waals surface area (Å²) in [4.78, 5) is 0. The van der Waals surface area contributed by atoms with Gasteiger partial charge in [-0.25, -0.2) is 5.43 Å². The van der Waals surface area contributed by atoms with Crippen LogP contribution in [-0.4, -0.2) is 26.6 Å². The van der Waals surface area contributed by atoms with E-state index < -0.39 is 0 Å². The van der Waals surface area contributed by atoms with Gasteiger partial charge < -0.3 is 9.47 Å². The summed E-state index contributed by atoms with van der Waals surface area (Å²) in [5.41, 5.74) is 4.12. The largest absolute Gasteiger partial charge is 0.354 e. The van der Waals surface area contributed by atoms with Crippen molar-refractivity contribution >= 4 is 0 Å². The molecule has 0 amide bonds. The molecule has 0 saturated carbocycles. The van der Waals surface area contributed by atoms with Crippen LogP contribution in [0.1, 0.15) is 38.5 Å². The van der Waals surface area contributed by atoms with Crippen LogP contribution in [-0.2, 0) is 9.47 Å². The molecule has 4 heteroatoms. The second-order valence-corrected chi connectivity index (χ2v) is 4.22. The van der Waals surface area contributed by atoms with Gasteiger partial charge in [0.05, 0.1) is 6.04 Å². The summed E-state index contributed by atoms with van der Waals surface area (Å²) in [6.07, 6.45) is 9.33. The Morgan fingerprint density at radius 2 is 1.88 bits per heavy atom. The fourth-order valence-electron chi connectivity index (χ4n) is 2.23. The summed E-state index contributed by atoms with van der Waals surface area (Å²) in [6.45, 7) is 0. The van der Waals surface area contributed by atoms with Gasteiger partial charge in [0, 0.05) is 14.2 Å². The van der Waals surface area contributed by atoms with Crippen molar-refractivity contribution in [1.29, 1.82) is 0 Å². The van der Waals surface area contributed by atoms with Crippen LogP contribution in [0.5, 0.6) is 0 Å². The molecule has 1 atom stereocenters. The molecule has 16 heavy (non-hydrogen) atoms. The van der Waals surface area contributed by atoms with Gasteiger partial charge in [0.1, 0.15) is 0 Å². The van der Waals surface area contributed by atoms with Crippen molar-refractivity contribution in [1.82, 2.24) is 5.43 Å². The van der Waals surface area contributed by atoms with Gasteiger partial charge in [-0.3, -0.25) is 5.84 Å². The Morgan fingerprint density at radius 3 is 2.50 bits per heavy atom. The number of nitrogens with two attached hydrogens (primary N) is 1. The summed E-state index contributed by atoms with van der Waals surface area (Å²) >= 11 is 0. The van der Waals surface area contributed by atoms with Crippen LogP contribution in [0.3, 0.4) is 0 Å².